The molecule has 28 heavy (non-hydrogen) atoms. The van der Waals surface area contributed by atoms with E-state index in [0.29, 0.717) is 5.56 Å². The molecule has 0 spiro atoms. The van der Waals surface area contributed by atoms with Gasteiger partial charge in [-0.15, -0.1) is 24.8 Å². The van der Waals surface area contributed by atoms with Crippen molar-refractivity contribution in [3.8, 4) is 0 Å². The molecule has 6 nitrogen and oxygen atoms in total. The fraction of sp³-hybridized carbons (Fsp3) is 0.450. The Morgan fingerprint density at radius 1 is 0.964 bits per heavy atom. The van der Waals surface area contributed by atoms with Gasteiger partial charge in [0.15, 0.2) is 5.78 Å². The minimum Gasteiger partial charge on any atom is -0.368 e. The van der Waals surface area contributed by atoms with Gasteiger partial charge in [0.2, 0.25) is 5.95 Å². The van der Waals surface area contributed by atoms with E-state index < -0.39 is 6.04 Å². The highest BCUT2D eigenvalue weighted by Crippen LogP contribution is 2.23. The van der Waals surface area contributed by atoms with Gasteiger partial charge >= 0.3 is 0 Å². The Morgan fingerprint density at radius 2 is 1.46 bits per heavy atom. The van der Waals surface area contributed by atoms with E-state index in [1.54, 1.807) is 12.4 Å². The molecule has 0 unspecified atom stereocenters. The van der Waals surface area contributed by atoms with Gasteiger partial charge in [0, 0.05) is 49.8 Å². The summed E-state index contributed by atoms with van der Waals surface area (Å²) >= 11 is 0. The normalized spacial score (nSPS) is 15.3. The van der Waals surface area contributed by atoms with E-state index in [1.807, 2.05) is 51.1 Å². The van der Waals surface area contributed by atoms with E-state index in [1.165, 1.54) is 0 Å². The van der Waals surface area contributed by atoms with Crippen molar-refractivity contribution in [3.63, 3.8) is 0 Å². The van der Waals surface area contributed by atoms with Gasteiger partial charge in [-0.25, -0.2) is 9.97 Å². The Hall–Kier alpha value is -1.89. The topological polar surface area (TPSA) is 75.4 Å². The van der Waals surface area contributed by atoms with Gasteiger partial charge < -0.3 is 15.5 Å². The Balaban J connectivity index is 0.00000196. The number of anilines is 2. The molecule has 154 valence electrons. The molecule has 1 aromatic carbocycles. The van der Waals surface area contributed by atoms with E-state index in [2.05, 4.69) is 19.8 Å². The van der Waals surface area contributed by atoms with Crippen LogP contribution in [0.25, 0.3) is 0 Å². The number of carbonyl (C=O) groups is 1. The lowest BCUT2D eigenvalue weighted by molar-refractivity contribution is 0.0901. The molecule has 2 aromatic rings. The molecule has 1 fully saturated rings. The maximum Gasteiger partial charge on any atom is 0.225 e. The third-order valence-electron chi connectivity index (χ3n) is 4.85. The lowest BCUT2D eigenvalue weighted by Gasteiger charge is -2.36. The Kier molecular flexibility index (Phi) is 8.67. The summed E-state index contributed by atoms with van der Waals surface area (Å²) in [5, 5.41) is 0. The van der Waals surface area contributed by atoms with E-state index in [0.717, 1.165) is 37.8 Å². The van der Waals surface area contributed by atoms with Gasteiger partial charge in [0.1, 0.15) is 0 Å². The summed E-state index contributed by atoms with van der Waals surface area (Å²) in [6.07, 6.45) is 3.54. The summed E-state index contributed by atoms with van der Waals surface area (Å²) < 4.78 is 0. The van der Waals surface area contributed by atoms with Crippen molar-refractivity contribution in [2.24, 2.45) is 11.1 Å². The average Bonchev–Trinajstić information content (AvgIpc) is 2.67. The van der Waals surface area contributed by atoms with Crippen LogP contribution in [0.2, 0.25) is 0 Å². The Morgan fingerprint density at radius 3 is 1.96 bits per heavy atom. The van der Waals surface area contributed by atoms with Gasteiger partial charge in [-0.3, -0.25) is 4.79 Å². The molecule has 0 radical (unpaired) electrons. The summed E-state index contributed by atoms with van der Waals surface area (Å²) in [7, 11) is 0. The van der Waals surface area contributed by atoms with Gasteiger partial charge in [0.05, 0.1) is 6.04 Å². The van der Waals surface area contributed by atoms with Crippen LogP contribution in [0.5, 0.6) is 0 Å². The smallest absolute Gasteiger partial charge is 0.225 e. The number of carbonyl (C=O) groups excluding carboxylic acids is 1. The number of nitrogens with zero attached hydrogens (tertiary/aromatic N) is 4. The standard InChI is InChI=1S/C20H27N5O.2ClH/c1-20(2,3)18(21)17(26)15-5-7-16(8-6-15)24-11-13-25(14-12-24)19-22-9-4-10-23-19;;/h4-10,18H,11-14,21H2,1-3H3;2*1H/t18-;;/m1../s1. The molecule has 0 bridgehead atoms. The van der Waals surface area contributed by atoms with Crippen LogP contribution < -0.4 is 15.5 Å². The predicted octanol–water partition coefficient (Wildman–Crippen LogP) is 3.20. The molecule has 1 aliphatic rings. The van der Waals surface area contributed by atoms with Gasteiger partial charge in [-0.2, -0.15) is 0 Å². The average molecular weight is 426 g/mol. The van der Waals surface area contributed by atoms with E-state index >= 15 is 0 Å². The van der Waals surface area contributed by atoms with Crippen LogP contribution in [0, 0.1) is 5.41 Å². The first kappa shape index (κ1) is 24.1. The summed E-state index contributed by atoms with van der Waals surface area (Å²) in [6, 6.07) is 9.12. The monoisotopic (exact) mass is 425 g/mol. The summed E-state index contributed by atoms with van der Waals surface area (Å²) in [5.41, 5.74) is 7.65. The third kappa shape index (κ3) is 5.56. The zero-order valence-corrected chi connectivity index (χ0v) is 18.2. The van der Waals surface area contributed by atoms with Crippen LogP contribution >= 0.6 is 24.8 Å². The molecule has 1 saturated heterocycles. The van der Waals surface area contributed by atoms with Crippen LogP contribution in [0.15, 0.2) is 42.7 Å². The van der Waals surface area contributed by atoms with E-state index in [4.69, 9.17) is 5.73 Å². The highest BCUT2D eigenvalue weighted by molar-refractivity contribution is 6.00. The van der Waals surface area contributed by atoms with Crippen molar-refractivity contribution >= 4 is 42.2 Å². The highest BCUT2D eigenvalue weighted by Gasteiger charge is 2.28. The van der Waals surface area contributed by atoms with Crippen LogP contribution in [0.1, 0.15) is 31.1 Å². The van der Waals surface area contributed by atoms with Crippen molar-refractivity contribution in [3.05, 3.63) is 48.3 Å². The molecule has 2 N–H and O–H groups in total. The third-order valence-corrected chi connectivity index (χ3v) is 4.85. The van der Waals surface area contributed by atoms with Crippen molar-refractivity contribution in [1.29, 1.82) is 0 Å². The van der Waals surface area contributed by atoms with Crippen molar-refractivity contribution < 1.29 is 4.79 Å². The number of halogens is 2. The first-order valence-corrected chi connectivity index (χ1v) is 9.03. The predicted molar refractivity (Wildman–Crippen MR) is 119 cm³/mol. The second-order valence-corrected chi connectivity index (χ2v) is 7.78. The first-order valence-electron chi connectivity index (χ1n) is 9.03. The molecule has 0 aliphatic carbocycles. The fourth-order valence-corrected chi connectivity index (χ4v) is 3.03. The number of ketones is 1. The number of hydrogen-bond acceptors (Lipinski definition) is 6. The van der Waals surface area contributed by atoms with Crippen LogP contribution in [-0.4, -0.2) is 48.0 Å². The van der Waals surface area contributed by atoms with Crippen molar-refractivity contribution in [1.82, 2.24) is 9.97 Å². The first-order chi connectivity index (χ1) is 12.4. The molecule has 2 heterocycles. The molecule has 1 aliphatic heterocycles. The van der Waals surface area contributed by atoms with Gasteiger partial charge in [-0.1, -0.05) is 20.8 Å². The summed E-state index contributed by atoms with van der Waals surface area (Å²) in [4.78, 5) is 25.7. The van der Waals surface area contributed by atoms with Crippen LogP contribution in [0.3, 0.4) is 0 Å². The van der Waals surface area contributed by atoms with E-state index in [-0.39, 0.29) is 36.0 Å². The Bertz CT molecular complexity index is 741. The SMILES string of the molecule is CC(C)(C)[C@H](N)C(=O)c1ccc(N2CCN(c3ncccn3)CC2)cc1.Cl.Cl. The molecule has 0 amide bonds. The summed E-state index contributed by atoms with van der Waals surface area (Å²) in [5.74, 6) is 0.777. The zero-order valence-electron chi connectivity index (χ0n) is 16.5. The fourth-order valence-electron chi connectivity index (χ4n) is 3.03. The maximum atomic E-state index is 12.5. The minimum atomic E-state index is -0.497. The second kappa shape index (κ2) is 10.0. The van der Waals surface area contributed by atoms with Crippen molar-refractivity contribution in [2.75, 3.05) is 36.0 Å². The van der Waals surface area contributed by atoms with Crippen molar-refractivity contribution in [2.45, 2.75) is 26.8 Å². The number of hydrogen-bond donors (Lipinski definition) is 1. The summed E-state index contributed by atoms with van der Waals surface area (Å²) in [6.45, 7) is 9.50. The number of nitrogens with two attached hydrogens (primary N) is 1. The van der Waals surface area contributed by atoms with E-state index in [9.17, 15) is 4.79 Å². The molecule has 1 atom stereocenters. The number of benzene rings is 1. The number of aromatic nitrogens is 2. The lowest BCUT2D eigenvalue weighted by atomic mass is 9.83. The molecule has 0 saturated carbocycles. The van der Waals surface area contributed by atoms with Gasteiger partial charge in [0.25, 0.3) is 0 Å². The number of piperazine rings is 1. The molecular weight excluding hydrogens is 397 g/mol. The number of Topliss-reactive ketones (excluding diaryl/α,β-unsaturated/α-hetero) is 1. The molecular formula is C20H29Cl2N5O. The maximum absolute atomic E-state index is 12.5. The second-order valence-electron chi connectivity index (χ2n) is 7.78. The van der Waals surface area contributed by atoms with Crippen LogP contribution in [-0.2, 0) is 0 Å². The largest absolute Gasteiger partial charge is 0.368 e. The number of rotatable bonds is 4. The van der Waals surface area contributed by atoms with Gasteiger partial charge in [-0.05, 0) is 35.7 Å². The lowest BCUT2D eigenvalue weighted by Crippen LogP contribution is -2.47. The highest BCUT2D eigenvalue weighted by atomic mass is 35.5. The minimum absolute atomic E-state index is 0. The zero-order chi connectivity index (χ0) is 18.7. The van der Waals surface area contributed by atoms with Crippen LogP contribution in [0.4, 0.5) is 11.6 Å². The molecule has 1 aromatic heterocycles. The quantitative estimate of drug-likeness (QED) is 0.757. The molecule has 8 heteroatoms. The molecule has 3 rings (SSSR count). The Labute approximate surface area is 179 Å².